The fourth-order valence-electron chi connectivity index (χ4n) is 8.00. The Morgan fingerprint density at radius 3 is 1.83 bits per heavy atom. The molecule has 7 rings (SSSR count). The Morgan fingerprint density at radius 1 is 0.889 bits per heavy atom. The standard InChI is InChI=1S/C20H26N4O2S.C16H20OS.C4H6N4O/c1-19(15-5-3-2-4-6-15,11-16(25)14-7-10-27-13-14)17-12-24(23-22-17)20(8-9-20)18(21)26;1-3-16(2,14-7-5-4-6-8-14)11-15(17)13-9-10-18-12-13;5-3(9)4(1-2-4)7-8-6/h7,10,12-13,15H,2-6,8-9,11H2,1H3,(H2,21,26);1,9-10,12,14H,4-8,11H2,2H3;1-2H2,(H2,5,9)/t19-;16-;/m00./s1. The van der Waals surface area contributed by atoms with Gasteiger partial charge < -0.3 is 11.5 Å². The Bertz CT molecular complexity index is 1850. The zero-order valence-electron chi connectivity index (χ0n) is 31.4. The van der Waals surface area contributed by atoms with Crippen molar-refractivity contribution in [1.29, 1.82) is 0 Å². The molecule has 288 valence electrons. The first kappa shape index (κ1) is 40.9. The van der Waals surface area contributed by atoms with E-state index in [1.807, 2.05) is 39.8 Å². The molecule has 0 aromatic carbocycles. The molecule has 12 nitrogen and oxygen atoms in total. The number of nitrogens with zero attached hydrogens (tertiary/aromatic N) is 6. The van der Waals surface area contributed by atoms with Crippen molar-refractivity contribution >= 4 is 46.1 Å². The molecule has 0 unspecified atom stereocenters. The van der Waals surface area contributed by atoms with Gasteiger partial charge in [0, 0.05) is 50.5 Å². The highest BCUT2D eigenvalue weighted by atomic mass is 32.1. The predicted octanol–water partition coefficient (Wildman–Crippen LogP) is 8.28. The first-order valence-corrected chi connectivity index (χ1v) is 20.9. The van der Waals surface area contributed by atoms with Crippen LogP contribution in [-0.4, -0.2) is 43.9 Å². The highest BCUT2D eigenvalue weighted by molar-refractivity contribution is 7.08. The van der Waals surface area contributed by atoms with Gasteiger partial charge in [-0.3, -0.25) is 19.2 Å². The summed E-state index contributed by atoms with van der Waals surface area (Å²) >= 11 is 3.10. The number of amides is 2. The molecule has 0 spiro atoms. The summed E-state index contributed by atoms with van der Waals surface area (Å²) in [5.74, 6) is 3.30. The largest absolute Gasteiger partial charge is 0.369 e. The van der Waals surface area contributed by atoms with Crippen LogP contribution in [0.15, 0.2) is 45.0 Å². The number of primary amides is 2. The van der Waals surface area contributed by atoms with E-state index in [0.29, 0.717) is 50.4 Å². The number of carbonyl (C=O) groups is 4. The molecule has 4 saturated carbocycles. The van der Waals surface area contributed by atoms with Crippen LogP contribution in [0.2, 0.25) is 0 Å². The summed E-state index contributed by atoms with van der Waals surface area (Å²) in [6.07, 6.45) is 23.1. The van der Waals surface area contributed by atoms with Gasteiger partial charge in [0.2, 0.25) is 11.8 Å². The Labute approximate surface area is 325 Å². The molecule has 4 N–H and O–H groups in total. The number of nitrogens with two attached hydrogens (primary N) is 2. The highest BCUT2D eigenvalue weighted by Gasteiger charge is 2.53. The van der Waals surface area contributed by atoms with E-state index in [9.17, 15) is 19.2 Å². The Balaban J connectivity index is 0.000000178. The topological polar surface area (TPSA) is 200 Å². The van der Waals surface area contributed by atoms with Crippen LogP contribution < -0.4 is 11.5 Å². The molecule has 14 heteroatoms. The predicted molar refractivity (Wildman–Crippen MR) is 211 cm³/mol. The molecule has 0 aliphatic heterocycles. The second kappa shape index (κ2) is 17.4. The summed E-state index contributed by atoms with van der Waals surface area (Å²) in [5, 5.41) is 19.7. The molecule has 4 fully saturated rings. The SMILES string of the molecule is C#C[C@@](C)(CC(=O)c1ccsc1)C1CCCCC1.C[C@@](CC(=O)c1ccsc1)(c1cn(C2(C(N)=O)CC2)nn1)C1CCCCC1.[N-]=[N+]=NC1(C(N)=O)CC1. The fourth-order valence-corrected chi connectivity index (χ4v) is 9.32. The molecule has 3 aromatic rings. The Hall–Kier alpha value is -4.31. The molecule has 2 amide bonds. The molecule has 0 radical (unpaired) electrons. The third kappa shape index (κ3) is 9.31. The van der Waals surface area contributed by atoms with Crippen molar-refractivity contribution in [2.75, 3.05) is 0 Å². The van der Waals surface area contributed by atoms with Crippen molar-refractivity contribution in [3.05, 3.63) is 67.1 Å². The molecular weight excluding hydrogens is 721 g/mol. The molecule has 4 aliphatic carbocycles. The van der Waals surface area contributed by atoms with Crippen LogP contribution in [0.3, 0.4) is 0 Å². The number of Topliss-reactive ketones (excluding diaryl/α,β-unsaturated/α-hetero) is 2. The lowest BCUT2D eigenvalue weighted by molar-refractivity contribution is -0.122. The quantitative estimate of drug-likeness (QED) is 0.0575. The number of rotatable bonds is 13. The van der Waals surface area contributed by atoms with Crippen molar-refractivity contribution in [3.63, 3.8) is 0 Å². The van der Waals surface area contributed by atoms with Gasteiger partial charge in [-0.15, -0.1) is 11.5 Å². The lowest BCUT2D eigenvalue weighted by atomic mass is 9.65. The average molecular weight is 773 g/mol. The van der Waals surface area contributed by atoms with Gasteiger partial charge in [-0.1, -0.05) is 61.7 Å². The lowest BCUT2D eigenvalue weighted by Gasteiger charge is -2.38. The van der Waals surface area contributed by atoms with E-state index in [2.05, 4.69) is 40.1 Å². The van der Waals surface area contributed by atoms with E-state index in [-0.39, 0.29) is 28.3 Å². The molecule has 0 bridgehead atoms. The summed E-state index contributed by atoms with van der Waals surface area (Å²) < 4.78 is 1.64. The van der Waals surface area contributed by atoms with Gasteiger partial charge in [0.05, 0.1) is 11.9 Å². The minimum atomic E-state index is -0.852. The molecule has 3 heterocycles. The molecular formula is C40H52N8O4S2. The van der Waals surface area contributed by atoms with Crippen LogP contribution in [0.25, 0.3) is 10.4 Å². The number of terminal acetylenes is 1. The highest BCUT2D eigenvalue weighted by Crippen LogP contribution is 2.47. The minimum absolute atomic E-state index is 0.148. The molecule has 0 saturated heterocycles. The zero-order valence-corrected chi connectivity index (χ0v) is 33.0. The number of aromatic nitrogens is 3. The van der Waals surface area contributed by atoms with E-state index in [4.69, 9.17) is 23.4 Å². The average Bonchev–Trinajstić information content (AvgIpc) is 3.85. The third-order valence-corrected chi connectivity index (χ3v) is 13.6. The van der Waals surface area contributed by atoms with Crippen molar-refractivity contribution < 1.29 is 19.2 Å². The first-order valence-electron chi connectivity index (χ1n) is 19.0. The third-order valence-electron chi connectivity index (χ3n) is 12.2. The van der Waals surface area contributed by atoms with Gasteiger partial charge in [-0.05, 0) is 98.6 Å². The Kier molecular flexibility index (Phi) is 13.2. The van der Waals surface area contributed by atoms with Crippen LogP contribution in [0.1, 0.15) is 143 Å². The van der Waals surface area contributed by atoms with Crippen LogP contribution in [-0.2, 0) is 20.5 Å². The summed E-state index contributed by atoms with van der Waals surface area (Å²) in [5.41, 5.74) is 18.6. The summed E-state index contributed by atoms with van der Waals surface area (Å²) in [6, 6.07) is 3.78. The minimum Gasteiger partial charge on any atom is -0.369 e. The van der Waals surface area contributed by atoms with Crippen molar-refractivity contribution in [2.24, 2.45) is 33.8 Å². The normalized spacial score (nSPS) is 20.8. The van der Waals surface area contributed by atoms with E-state index >= 15 is 0 Å². The van der Waals surface area contributed by atoms with E-state index in [1.165, 1.54) is 62.7 Å². The Morgan fingerprint density at radius 2 is 1.43 bits per heavy atom. The molecule has 2 atom stereocenters. The van der Waals surface area contributed by atoms with Gasteiger partial charge in [-0.25, -0.2) is 4.68 Å². The maximum atomic E-state index is 12.9. The molecule has 3 aromatic heterocycles. The van der Waals surface area contributed by atoms with Crippen LogP contribution in [0.4, 0.5) is 0 Å². The van der Waals surface area contributed by atoms with E-state index in [0.717, 1.165) is 29.7 Å². The second-order valence-corrected chi connectivity index (χ2v) is 17.5. The molecule has 54 heavy (non-hydrogen) atoms. The van der Waals surface area contributed by atoms with Crippen LogP contribution in [0.5, 0.6) is 0 Å². The number of hydrogen-bond acceptors (Lipinski definition) is 9. The lowest BCUT2D eigenvalue weighted by Crippen LogP contribution is -2.37. The zero-order chi connectivity index (χ0) is 39.0. The number of ketones is 2. The van der Waals surface area contributed by atoms with Crippen molar-refractivity contribution in [3.8, 4) is 12.3 Å². The van der Waals surface area contributed by atoms with E-state index in [1.54, 1.807) is 16.0 Å². The van der Waals surface area contributed by atoms with Gasteiger partial charge in [0.25, 0.3) is 0 Å². The van der Waals surface area contributed by atoms with Crippen LogP contribution in [0, 0.1) is 29.6 Å². The maximum Gasteiger partial charge on any atom is 0.245 e. The summed E-state index contributed by atoms with van der Waals surface area (Å²) in [4.78, 5) is 50.0. The van der Waals surface area contributed by atoms with Gasteiger partial charge in [0.15, 0.2) is 11.6 Å². The second-order valence-electron chi connectivity index (χ2n) is 15.9. The van der Waals surface area contributed by atoms with Gasteiger partial charge in [-0.2, -0.15) is 22.7 Å². The van der Waals surface area contributed by atoms with E-state index < -0.39 is 17.0 Å². The number of hydrogen-bond donors (Lipinski definition) is 2. The smallest absolute Gasteiger partial charge is 0.245 e. The monoisotopic (exact) mass is 772 g/mol. The van der Waals surface area contributed by atoms with Gasteiger partial charge >= 0.3 is 0 Å². The maximum absolute atomic E-state index is 12.9. The van der Waals surface area contributed by atoms with Gasteiger partial charge in [0.1, 0.15) is 11.1 Å². The number of carbonyl (C=O) groups excluding carboxylic acids is 4. The summed E-state index contributed by atoms with van der Waals surface area (Å²) in [6.45, 7) is 4.23. The van der Waals surface area contributed by atoms with Crippen LogP contribution >= 0.6 is 22.7 Å². The van der Waals surface area contributed by atoms with Crippen molar-refractivity contribution in [1.82, 2.24) is 15.0 Å². The summed E-state index contributed by atoms with van der Waals surface area (Å²) in [7, 11) is 0. The fraction of sp³-hybridized carbons (Fsp3) is 0.600. The number of thiophene rings is 2. The number of azide groups is 1. The first-order chi connectivity index (χ1) is 25.8. The molecule has 4 aliphatic rings. The van der Waals surface area contributed by atoms with Crippen molar-refractivity contribution in [2.45, 2.75) is 133 Å².